The van der Waals surface area contributed by atoms with E-state index < -0.39 is 0 Å². The van der Waals surface area contributed by atoms with Crippen LogP contribution < -0.4 is 0 Å². The van der Waals surface area contributed by atoms with Gasteiger partial charge in [0.1, 0.15) is 0 Å². The van der Waals surface area contributed by atoms with E-state index >= 15 is 0 Å². The van der Waals surface area contributed by atoms with E-state index in [9.17, 15) is 0 Å². The molecule has 96 valence electrons. The Hall–Kier alpha value is -0.0800. The zero-order valence-corrected chi connectivity index (χ0v) is 11.7. The predicted octanol–water partition coefficient (Wildman–Crippen LogP) is 3.17. The molecule has 0 aliphatic carbocycles. The summed E-state index contributed by atoms with van der Waals surface area (Å²) in [6.07, 6.45) is 2.68. The predicted molar refractivity (Wildman–Crippen MR) is 69.7 cm³/mol. The van der Waals surface area contributed by atoms with Crippen molar-refractivity contribution in [3.63, 3.8) is 0 Å². The number of likely N-dealkylation sites (tertiary alicyclic amines) is 1. The number of rotatable bonds is 5. The van der Waals surface area contributed by atoms with E-state index in [1.807, 2.05) is 0 Å². The summed E-state index contributed by atoms with van der Waals surface area (Å²) in [5, 5.41) is 0. The van der Waals surface area contributed by atoms with Crippen molar-refractivity contribution in [2.24, 2.45) is 11.8 Å². The minimum atomic E-state index is 0.645. The van der Waals surface area contributed by atoms with Crippen LogP contribution in [0.5, 0.6) is 0 Å². The fourth-order valence-corrected chi connectivity index (χ4v) is 2.69. The lowest BCUT2D eigenvalue weighted by Crippen LogP contribution is -2.50. The molecule has 0 aromatic carbocycles. The second-order valence-electron chi connectivity index (χ2n) is 5.69. The molecule has 1 aliphatic heterocycles. The Bertz CT molecular complexity index is 191. The monoisotopic (exact) mass is 227 g/mol. The summed E-state index contributed by atoms with van der Waals surface area (Å²) in [6, 6.07) is 1.29. The first kappa shape index (κ1) is 14.0. The van der Waals surface area contributed by atoms with Crippen LogP contribution in [0.1, 0.15) is 47.5 Å². The smallest absolute Gasteiger partial charge is 0.0621 e. The Morgan fingerprint density at radius 3 is 2.38 bits per heavy atom. The molecule has 0 aromatic rings. The van der Waals surface area contributed by atoms with Crippen LogP contribution in [-0.4, -0.2) is 36.7 Å². The maximum absolute atomic E-state index is 5.61. The van der Waals surface area contributed by atoms with Gasteiger partial charge in [-0.1, -0.05) is 13.8 Å². The molecule has 0 bridgehead atoms. The summed E-state index contributed by atoms with van der Waals surface area (Å²) in [7, 11) is 0. The third kappa shape index (κ3) is 3.74. The number of piperidine rings is 1. The van der Waals surface area contributed by atoms with Gasteiger partial charge < -0.3 is 4.74 Å². The van der Waals surface area contributed by atoms with Gasteiger partial charge in [0.25, 0.3) is 0 Å². The Labute approximate surface area is 101 Å². The lowest BCUT2D eigenvalue weighted by molar-refractivity contribution is 0.00389. The highest BCUT2D eigenvalue weighted by atomic mass is 16.5. The molecular weight excluding hydrogens is 198 g/mol. The highest BCUT2D eigenvalue weighted by molar-refractivity contribution is 4.84. The molecule has 0 N–H and O–H groups in total. The first-order valence-corrected chi connectivity index (χ1v) is 6.89. The van der Waals surface area contributed by atoms with Gasteiger partial charge in [-0.05, 0) is 45.4 Å². The SMILES string of the molecule is CCOCC1CCC(C(C)C)CN1C(C)C. The average Bonchev–Trinajstić information content (AvgIpc) is 2.25. The van der Waals surface area contributed by atoms with Crippen LogP contribution in [0.15, 0.2) is 0 Å². The van der Waals surface area contributed by atoms with Gasteiger partial charge in [0.05, 0.1) is 6.61 Å². The Balaban J connectivity index is 2.53. The number of hydrogen-bond acceptors (Lipinski definition) is 2. The Morgan fingerprint density at radius 2 is 1.88 bits per heavy atom. The summed E-state index contributed by atoms with van der Waals surface area (Å²) in [5.74, 6) is 1.69. The molecule has 16 heavy (non-hydrogen) atoms. The fraction of sp³-hybridized carbons (Fsp3) is 1.00. The van der Waals surface area contributed by atoms with Crippen molar-refractivity contribution < 1.29 is 4.74 Å². The first-order valence-electron chi connectivity index (χ1n) is 6.89. The molecule has 1 saturated heterocycles. The topological polar surface area (TPSA) is 12.5 Å². The molecule has 1 rings (SSSR count). The number of hydrogen-bond donors (Lipinski definition) is 0. The van der Waals surface area contributed by atoms with E-state index in [-0.39, 0.29) is 0 Å². The number of nitrogens with zero attached hydrogens (tertiary/aromatic N) is 1. The van der Waals surface area contributed by atoms with Crippen molar-refractivity contribution in [2.75, 3.05) is 19.8 Å². The molecule has 1 aliphatic rings. The van der Waals surface area contributed by atoms with E-state index in [0.717, 1.165) is 25.0 Å². The van der Waals surface area contributed by atoms with Crippen LogP contribution in [-0.2, 0) is 4.74 Å². The molecule has 2 nitrogen and oxygen atoms in total. The minimum Gasteiger partial charge on any atom is -0.380 e. The van der Waals surface area contributed by atoms with Gasteiger partial charge in [0.15, 0.2) is 0 Å². The standard InChI is InChI=1S/C14H29NO/c1-6-16-10-14-8-7-13(11(2)3)9-15(14)12(4)5/h11-14H,6-10H2,1-5H3. The van der Waals surface area contributed by atoms with Gasteiger partial charge in [0, 0.05) is 25.2 Å². The molecule has 0 radical (unpaired) electrons. The van der Waals surface area contributed by atoms with Gasteiger partial charge in [0.2, 0.25) is 0 Å². The Kier molecular flexibility index (Phi) is 5.77. The zero-order valence-electron chi connectivity index (χ0n) is 11.7. The van der Waals surface area contributed by atoms with Crippen molar-refractivity contribution in [1.29, 1.82) is 0 Å². The quantitative estimate of drug-likeness (QED) is 0.715. The first-order chi connectivity index (χ1) is 7.56. The van der Waals surface area contributed by atoms with Gasteiger partial charge >= 0.3 is 0 Å². The van der Waals surface area contributed by atoms with E-state index in [4.69, 9.17) is 4.74 Å². The van der Waals surface area contributed by atoms with Gasteiger partial charge in [-0.25, -0.2) is 0 Å². The molecule has 2 unspecified atom stereocenters. The van der Waals surface area contributed by atoms with Crippen molar-refractivity contribution in [3.8, 4) is 0 Å². The van der Waals surface area contributed by atoms with Crippen LogP contribution in [0.2, 0.25) is 0 Å². The third-order valence-electron chi connectivity index (χ3n) is 3.91. The van der Waals surface area contributed by atoms with Gasteiger partial charge in [-0.3, -0.25) is 4.90 Å². The van der Waals surface area contributed by atoms with E-state index in [2.05, 4.69) is 39.5 Å². The highest BCUT2D eigenvalue weighted by Crippen LogP contribution is 2.28. The molecule has 0 spiro atoms. The molecule has 2 atom stereocenters. The molecular formula is C14H29NO. The van der Waals surface area contributed by atoms with E-state index in [0.29, 0.717) is 12.1 Å². The fourth-order valence-electron chi connectivity index (χ4n) is 2.69. The van der Waals surface area contributed by atoms with Gasteiger partial charge in [-0.2, -0.15) is 0 Å². The second-order valence-corrected chi connectivity index (χ2v) is 5.69. The van der Waals surface area contributed by atoms with Crippen LogP contribution in [0.25, 0.3) is 0 Å². The zero-order chi connectivity index (χ0) is 12.1. The highest BCUT2D eigenvalue weighted by Gasteiger charge is 2.30. The van der Waals surface area contributed by atoms with E-state index in [1.54, 1.807) is 0 Å². The molecule has 0 saturated carbocycles. The molecule has 1 heterocycles. The minimum absolute atomic E-state index is 0.645. The molecule has 0 aromatic heterocycles. The summed E-state index contributed by atoms with van der Waals surface area (Å²) in [4.78, 5) is 2.64. The van der Waals surface area contributed by atoms with Crippen LogP contribution in [0, 0.1) is 11.8 Å². The van der Waals surface area contributed by atoms with Crippen molar-refractivity contribution in [3.05, 3.63) is 0 Å². The summed E-state index contributed by atoms with van der Waals surface area (Å²) >= 11 is 0. The molecule has 2 heteroatoms. The third-order valence-corrected chi connectivity index (χ3v) is 3.91. The maximum atomic E-state index is 5.61. The van der Waals surface area contributed by atoms with Crippen LogP contribution >= 0.6 is 0 Å². The lowest BCUT2D eigenvalue weighted by atomic mass is 9.84. The second kappa shape index (κ2) is 6.61. The summed E-state index contributed by atoms with van der Waals surface area (Å²) in [5.41, 5.74) is 0. The maximum Gasteiger partial charge on any atom is 0.0621 e. The number of ether oxygens (including phenoxy) is 1. The van der Waals surface area contributed by atoms with Crippen molar-refractivity contribution >= 4 is 0 Å². The normalized spacial score (nSPS) is 27.9. The van der Waals surface area contributed by atoms with E-state index in [1.165, 1.54) is 19.4 Å². The van der Waals surface area contributed by atoms with Crippen LogP contribution in [0.4, 0.5) is 0 Å². The summed E-state index contributed by atoms with van der Waals surface area (Å²) in [6.45, 7) is 14.4. The molecule has 0 amide bonds. The average molecular weight is 227 g/mol. The molecule has 1 fully saturated rings. The van der Waals surface area contributed by atoms with Crippen molar-refractivity contribution in [1.82, 2.24) is 4.90 Å². The Morgan fingerprint density at radius 1 is 1.19 bits per heavy atom. The lowest BCUT2D eigenvalue weighted by Gasteiger charge is -2.43. The van der Waals surface area contributed by atoms with Crippen LogP contribution in [0.3, 0.4) is 0 Å². The van der Waals surface area contributed by atoms with Gasteiger partial charge in [-0.15, -0.1) is 0 Å². The van der Waals surface area contributed by atoms with Crippen molar-refractivity contribution in [2.45, 2.75) is 59.5 Å². The largest absolute Gasteiger partial charge is 0.380 e. The summed E-state index contributed by atoms with van der Waals surface area (Å²) < 4.78 is 5.61.